The molecule has 0 saturated carbocycles. The molecular formula is C27H30O. The van der Waals surface area contributed by atoms with Crippen molar-refractivity contribution in [2.75, 3.05) is 0 Å². The van der Waals surface area contributed by atoms with Gasteiger partial charge in [-0.05, 0) is 71.2 Å². The van der Waals surface area contributed by atoms with Crippen LogP contribution in [0.4, 0.5) is 0 Å². The first-order valence-electron chi connectivity index (χ1n) is 9.72. The Bertz CT molecular complexity index is 929. The van der Waals surface area contributed by atoms with Crippen molar-refractivity contribution in [3.63, 3.8) is 0 Å². The molecule has 0 saturated heterocycles. The first-order chi connectivity index (χ1) is 13.4. The third kappa shape index (κ3) is 4.67. The minimum Gasteiger partial charge on any atom is -0.289 e. The molecule has 0 aliphatic carbocycles. The number of carbonyl (C=O) groups excluding carboxylic acids is 1. The summed E-state index contributed by atoms with van der Waals surface area (Å²) in [5, 5.41) is 0. The summed E-state index contributed by atoms with van der Waals surface area (Å²) in [5.41, 5.74) is 6.12. The summed E-state index contributed by atoms with van der Waals surface area (Å²) in [6.45, 7) is 18.0. The Morgan fingerprint density at radius 3 is 2.25 bits per heavy atom. The Hall–Kier alpha value is -2.93. The number of rotatable bonds is 9. The number of benzene rings is 2. The van der Waals surface area contributed by atoms with Gasteiger partial charge in [0.05, 0.1) is 0 Å². The van der Waals surface area contributed by atoms with Crippen molar-refractivity contribution in [1.82, 2.24) is 0 Å². The predicted octanol–water partition coefficient (Wildman–Crippen LogP) is 7.50. The highest BCUT2D eigenvalue weighted by Gasteiger charge is 2.24. The summed E-state index contributed by atoms with van der Waals surface area (Å²) in [4.78, 5) is 12.4. The average Bonchev–Trinajstić information content (AvgIpc) is 2.73. The topological polar surface area (TPSA) is 17.1 Å². The van der Waals surface area contributed by atoms with Crippen LogP contribution in [0.5, 0.6) is 0 Å². The Morgan fingerprint density at radius 2 is 1.68 bits per heavy atom. The zero-order valence-corrected chi connectivity index (χ0v) is 17.3. The second kappa shape index (κ2) is 9.32. The van der Waals surface area contributed by atoms with E-state index in [1.807, 2.05) is 42.5 Å². The van der Waals surface area contributed by atoms with Crippen LogP contribution >= 0.6 is 0 Å². The molecule has 28 heavy (non-hydrogen) atoms. The molecule has 0 N–H and O–H groups in total. The van der Waals surface area contributed by atoms with Gasteiger partial charge >= 0.3 is 0 Å². The zero-order chi connectivity index (χ0) is 20.7. The van der Waals surface area contributed by atoms with Crippen LogP contribution in [0.2, 0.25) is 0 Å². The highest BCUT2D eigenvalue weighted by Crippen LogP contribution is 2.34. The van der Waals surface area contributed by atoms with Crippen LogP contribution in [-0.4, -0.2) is 5.78 Å². The van der Waals surface area contributed by atoms with Crippen LogP contribution in [0, 0.1) is 0 Å². The molecular weight excluding hydrogens is 340 g/mol. The van der Waals surface area contributed by atoms with Gasteiger partial charge in [0.25, 0.3) is 0 Å². The molecule has 1 atom stereocenters. The van der Waals surface area contributed by atoms with Crippen LogP contribution in [0.3, 0.4) is 0 Å². The van der Waals surface area contributed by atoms with E-state index in [9.17, 15) is 4.79 Å². The predicted molar refractivity (Wildman–Crippen MR) is 124 cm³/mol. The molecule has 2 aromatic rings. The van der Waals surface area contributed by atoms with Crippen LogP contribution in [-0.2, 0) is 5.41 Å². The molecule has 144 valence electrons. The van der Waals surface area contributed by atoms with E-state index in [0.29, 0.717) is 5.56 Å². The smallest absolute Gasteiger partial charge is 0.185 e. The molecule has 0 amide bonds. The molecule has 0 bridgehead atoms. The lowest BCUT2D eigenvalue weighted by Gasteiger charge is -2.29. The highest BCUT2D eigenvalue weighted by atomic mass is 16.1. The van der Waals surface area contributed by atoms with E-state index in [1.165, 1.54) is 6.08 Å². The van der Waals surface area contributed by atoms with Crippen molar-refractivity contribution in [3.8, 4) is 0 Å². The van der Waals surface area contributed by atoms with E-state index >= 15 is 0 Å². The monoisotopic (exact) mass is 370 g/mol. The summed E-state index contributed by atoms with van der Waals surface area (Å²) >= 11 is 0. The third-order valence-electron chi connectivity index (χ3n) is 5.52. The fourth-order valence-corrected chi connectivity index (χ4v) is 3.39. The maximum atomic E-state index is 12.4. The van der Waals surface area contributed by atoms with E-state index in [0.717, 1.165) is 40.7 Å². The Labute approximate surface area is 169 Å². The molecule has 0 aliphatic heterocycles. The van der Waals surface area contributed by atoms with Crippen LogP contribution in [0.25, 0.3) is 17.7 Å². The van der Waals surface area contributed by atoms with Crippen molar-refractivity contribution < 1.29 is 4.79 Å². The summed E-state index contributed by atoms with van der Waals surface area (Å²) < 4.78 is 0. The lowest BCUT2D eigenvalue weighted by atomic mass is 9.75. The van der Waals surface area contributed by atoms with E-state index in [4.69, 9.17) is 0 Å². The van der Waals surface area contributed by atoms with Crippen molar-refractivity contribution >= 4 is 23.5 Å². The standard InChI is InChI=1S/C27H30O/c1-7-15-27(6,10-4)25-18-23(17-24(19-25)26(28)9-3)20(5)16-22-14-12-11-13-21(22)8-2/h7-9,11-14,16-19H,1-3,10,15H2,4-6H3. The van der Waals surface area contributed by atoms with Crippen LogP contribution in [0.15, 0.2) is 74.4 Å². The van der Waals surface area contributed by atoms with Crippen molar-refractivity contribution in [2.24, 2.45) is 0 Å². The van der Waals surface area contributed by atoms with Gasteiger partial charge < -0.3 is 0 Å². The largest absolute Gasteiger partial charge is 0.289 e. The second-order valence-corrected chi connectivity index (χ2v) is 7.43. The number of ketones is 1. The highest BCUT2D eigenvalue weighted by molar-refractivity contribution is 6.05. The van der Waals surface area contributed by atoms with Gasteiger partial charge in [-0.2, -0.15) is 0 Å². The molecule has 0 aromatic heterocycles. The molecule has 1 nitrogen and oxygen atoms in total. The molecule has 2 rings (SSSR count). The minimum absolute atomic E-state index is 0.0561. The molecule has 1 unspecified atom stereocenters. The van der Waals surface area contributed by atoms with Crippen molar-refractivity contribution in [2.45, 2.75) is 39.0 Å². The van der Waals surface area contributed by atoms with E-state index < -0.39 is 0 Å². The summed E-state index contributed by atoms with van der Waals surface area (Å²) in [6, 6.07) is 14.3. The summed E-state index contributed by atoms with van der Waals surface area (Å²) in [6.07, 6.45) is 9.17. The second-order valence-electron chi connectivity index (χ2n) is 7.43. The fraction of sp³-hybridized carbons (Fsp3) is 0.222. The van der Waals surface area contributed by atoms with Gasteiger partial charge in [0.15, 0.2) is 5.78 Å². The van der Waals surface area contributed by atoms with Gasteiger partial charge in [0.1, 0.15) is 0 Å². The number of allylic oxidation sites excluding steroid dienone is 3. The fourth-order valence-electron chi connectivity index (χ4n) is 3.39. The van der Waals surface area contributed by atoms with Crippen LogP contribution in [0.1, 0.15) is 66.2 Å². The normalized spacial score (nSPS) is 13.5. The first kappa shape index (κ1) is 21.4. The Kier molecular flexibility index (Phi) is 7.12. The lowest BCUT2D eigenvalue weighted by molar-refractivity contribution is 0.104. The Morgan fingerprint density at radius 1 is 1.04 bits per heavy atom. The SMILES string of the molecule is C=CCC(C)(CC)c1cc(C(=O)C=C)cc(C(C)=Cc2ccccc2C=C)c1. The zero-order valence-electron chi connectivity index (χ0n) is 17.3. The number of hydrogen-bond donors (Lipinski definition) is 0. The van der Waals surface area contributed by atoms with Gasteiger partial charge in [0, 0.05) is 5.56 Å². The van der Waals surface area contributed by atoms with Gasteiger partial charge in [-0.25, -0.2) is 0 Å². The van der Waals surface area contributed by atoms with Crippen LogP contribution < -0.4 is 0 Å². The first-order valence-corrected chi connectivity index (χ1v) is 9.72. The summed E-state index contributed by atoms with van der Waals surface area (Å²) in [5.74, 6) is -0.0561. The quantitative estimate of drug-likeness (QED) is 0.193. The number of carbonyl (C=O) groups is 1. The van der Waals surface area contributed by atoms with Gasteiger partial charge in [0.2, 0.25) is 0 Å². The third-order valence-corrected chi connectivity index (χ3v) is 5.52. The average molecular weight is 371 g/mol. The van der Waals surface area contributed by atoms with Crippen molar-refractivity contribution in [3.05, 3.63) is 102 Å². The van der Waals surface area contributed by atoms with E-state index in [2.05, 4.69) is 58.7 Å². The lowest BCUT2D eigenvalue weighted by Crippen LogP contribution is -2.20. The molecule has 0 heterocycles. The molecule has 0 radical (unpaired) electrons. The van der Waals surface area contributed by atoms with Crippen molar-refractivity contribution in [1.29, 1.82) is 0 Å². The van der Waals surface area contributed by atoms with Gasteiger partial charge in [-0.3, -0.25) is 4.79 Å². The Balaban J connectivity index is 2.65. The molecule has 0 fully saturated rings. The molecule has 0 aliphatic rings. The van der Waals surface area contributed by atoms with E-state index in [1.54, 1.807) is 0 Å². The molecule has 2 aromatic carbocycles. The maximum Gasteiger partial charge on any atom is 0.185 e. The maximum absolute atomic E-state index is 12.4. The summed E-state index contributed by atoms with van der Waals surface area (Å²) in [7, 11) is 0. The molecule has 0 spiro atoms. The minimum atomic E-state index is -0.0622. The van der Waals surface area contributed by atoms with Gasteiger partial charge in [-0.15, -0.1) is 6.58 Å². The van der Waals surface area contributed by atoms with E-state index in [-0.39, 0.29) is 11.2 Å². The number of hydrogen-bond acceptors (Lipinski definition) is 1. The van der Waals surface area contributed by atoms with Gasteiger partial charge in [-0.1, -0.05) is 75.6 Å². The molecule has 1 heteroatoms.